The van der Waals surface area contributed by atoms with Crippen LogP contribution in [0.25, 0.3) is 0 Å². The number of primary amides is 1. The van der Waals surface area contributed by atoms with E-state index in [1.165, 1.54) is 0 Å². The fraction of sp³-hybridized carbons (Fsp3) is 0.714. The number of rotatable bonds is 5. The van der Waals surface area contributed by atoms with E-state index in [0.717, 1.165) is 25.1 Å². The lowest BCUT2D eigenvalue weighted by Gasteiger charge is -2.20. The zero-order valence-corrected chi connectivity index (χ0v) is 13.1. The van der Waals surface area contributed by atoms with Gasteiger partial charge in [0.2, 0.25) is 17.8 Å². The molecule has 21 heavy (non-hydrogen) atoms. The minimum Gasteiger partial charge on any atom is -0.369 e. The molecule has 0 aliphatic heterocycles. The summed E-state index contributed by atoms with van der Waals surface area (Å²) in [6.45, 7) is 4.08. The summed E-state index contributed by atoms with van der Waals surface area (Å²) in [6, 6.07) is 0.0138. The second-order valence-electron chi connectivity index (χ2n) is 6.06. The van der Waals surface area contributed by atoms with E-state index < -0.39 is 0 Å². The van der Waals surface area contributed by atoms with Crippen molar-refractivity contribution in [3.63, 3.8) is 0 Å². The molecule has 0 saturated heterocycles. The number of nitrogens with two attached hydrogens (primary N) is 1. The minimum absolute atomic E-state index is 0.0138. The van der Waals surface area contributed by atoms with Crippen LogP contribution in [0, 0.1) is 5.92 Å². The quantitative estimate of drug-likeness (QED) is 0.844. The molecule has 1 fully saturated rings. The Hall–Kier alpha value is -1.92. The molecule has 1 amide bonds. The average molecular weight is 292 g/mol. The molecule has 1 saturated carbocycles. The van der Waals surface area contributed by atoms with Crippen molar-refractivity contribution < 1.29 is 4.79 Å². The van der Waals surface area contributed by atoms with Gasteiger partial charge in [-0.1, -0.05) is 20.3 Å². The fourth-order valence-electron chi connectivity index (χ4n) is 2.54. The number of carbonyl (C=O) groups excluding carboxylic acids is 1. The molecule has 1 heterocycles. The van der Waals surface area contributed by atoms with Crippen LogP contribution in [0.4, 0.5) is 11.9 Å². The second-order valence-corrected chi connectivity index (χ2v) is 6.06. The van der Waals surface area contributed by atoms with Gasteiger partial charge in [0.1, 0.15) is 5.82 Å². The van der Waals surface area contributed by atoms with Gasteiger partial charge < -0.3 is 16.0 Å². The molecule has 0 spiro atoms. The normalized spacial score (nSPS) is 21.6. The number of anilines is 2. The Morgan fingerprint density at radius 1 is 1.29 bits per heavy atom. The third kappa shape index (κ3) is 3.59. The maximum atomic E-state index is 11.5. The van der Waals surface area contributed by atoms with Crippen molar-refractivity contribution in [3.05, 3.63) is 5.82 Å². The van der Waals surface area contributed by atoms with Crippen molar-refractivity contribution >= 4 is 17.8 Å². The average Bonchev–Trinajstić information content (AvgIpc) is 2.86. The number of nitrogens with zero attached hydrogens (tertiary/aromatic N) is 4. The topological polar surface area (TPSA) is 97.0 Å². The highest BCUT2D eigenvalue weighted by atomic mass is 16.1. The van der Waals surface area contributed by atoms with Crippen molar-refractivity contribution in [1.29, 1.82) is 0 Å². The highest BCUT2D eigenvalue weighted by Gasteiger charge is 2.32. The molecule has 2 rings (SSSR count). The molecule has 1 aliphatic carbocycles. The van der Waals surface area contributed by atoms with Gasteiger partial charge >= 0.3 is 0 Å². The van der Waals surface area contributed by atoms with Gasteiger partial charge in [-0.15, -0.1) is 0 Å². The Balaban J connectivity index is 2.24. The Morgan fingerprint density at radius 3 is 2.57 bits per heavy atom. The van der Waals surface area contributed by atoms with Gasteiger partial charge in [0, 0.05) is 26.1 Å². The van der Waals surface area contributed by atoms with Crippen molar-refractivity contribution in [2.45, 2.75) is 45.1 Å². The SMILES string of the molecule is CC(C)c1nc(N[C@H]2CCC[C@@H]2C(N)=O)nc(N(C)C)n1. The number of amides is 1. The van der Waals surface area contributed by atoms with Crippen LogP contribution in [0.2, 0.25) is 0 Å². The molecule has 3 N–H and O–H groups in total. The van der Waals surface area contributed by atoms with Crippen molar-refractivity contribution in [3.8, 4) is 0 Å². The molecule has 0 aromatic carbocycles. The number of carbonyl (C=O) groups is 1. The first-order valence-corrected chi connectivity index (χ1v) is 7.37. The lowest BCUT2D eigenvalue weighted by molar-refractivity contribution is -0.121. The van der Waals surface area contributed by atoms with Gasteiger partial charge in [-0.05, 0) is 12.8 Å². The highest BCUT2D eigenvalue weighted by molar-refractivity contribution is 5.78. The maximum absolute atomic E-state index is 11.5. The molecule has 1 aliphatic rings. The van der Waals surface area contributed by atoms with E-state index in [1.54, 1.807) is 0 Å². The summed E-state index contributed by atoms with van der Waals surface area (Å²) in [6.07, 6.45) is 2.73. The molecule has 0 unspecified atom stereocenters. The van der Waals surface area contributed by atoms with Gasteiger partial charge in [0.05, 0.1) is 5.92 Å². The van der Waals surface area contributed by atoms with Gasteiger partial charge in [-0.3, -0.25) is 4.79 Å². The Morgan fingerprint density at radius 2 is 2.00 bits per heavy atom. The Kier molecular flexibility index (Phi) is 4.59. The number of hydrogen-bond donors (Lipinski definition) is 2. The van der Waals surface area contributed by atoms with E-state index in [9.17, 15) is 4.79 Å². The first kappa shape index (κ1) is 15.5. The van der Waals surface area contributed by atoms with Gasteiger partial charge in [0.25, 0.3) is 0 Å². The third-order valence-corrected chi connectivity index (χ3v) is 3.75. The molecule has 116 valence electrons. The second kappa shape index (κ2) is 6.24. The smallest absolute Gasteiger partial charge is 0.229 e. The predicted octanol–water partition coefficient (Wildman–Crippen LogP) is 1.13. The third-order valence-electron chi connectivity index (χ3n) is 3.75. The number of nitrogens with one attached hydrogen (secondary N) is 1. The van der Waals surface area contributed by atoms with E-state index in [1.807, 2.05) is 32.8 Å². The molecule has 2 atom stereocenters. The van der Waals surface area contributed by atoms with Gasteiger partial charge in [-0.2, -0.15) is 15.0 Å². The van der Waals surface area contributed by atoms with Crippen LogP contribution in [0.15, 0.2) is 0 Å². The van der Waals surface area contributed by atoms with Crippen molar-refractivity contribution in [1.82, 2.24) is 15.0 Å². The fourth-order valence-corrected chi connectivity index (χ4v) is 2.54. The van der Waals surface area contributed by atoms with Crippen LogP contribution in [-0.4, -0.2) is 41.0 Å². The van der Waals surface area contributed by atoms with Crippen LogP contribution in [0.1, 0.15) is 44.9 Å². The van der Waals surface area contributed by atoms with E-state index >= 15 is 0 Å². The van der Waals surface area contributed by atoms with Crippen LogP contribution >= 0.6 is 0 Å². The summed E-state index contributed by atoms with van der Waals surface area (Å²) in [5.74, 6) is 1.69. The van der Waals surface area contributed by atoms with E-state index in [-0.39, 0.29) is 23.8 Å². The monoisotopic (exact) mass is 292 g/mol. The Bertz CT molecular complexity index is 490. The summed E-state index contributed by atoms with van der Waals surface area (Å²) in [4.78, 5) is 26.6. The van der Waals surface area contributed by atoms with Crippen LogP contribution in [0.3, 0.4) is 0 Å². The van der Waals surface area contributed by atoms with Crippen LogP contribution in [0.5, 0.6) is 0 Å². The lowest BCUT2D eigenvalue weighted by atomic mass is 10.0. The Labute approximate surface area is 125 Å². The van der Waals surface area contributed by atoms with Crippen LogP contribution < -0.4 is 16.0 Å². The zero-order chi connectivity index (χ0) is 15.6. The summed E-state index contributed by atoms with van der Waals surface area (Å²) in [5.41, 5.74) is 5.46. The molecular weight excluding hydrogens is 268 g/mol. The molecular formula is C14H24N6O. The molecule has 0 radical (unpaired) electrons. The van der Waals surface area contributed by atoms with E-state index in [4.69, 9.17) is 5.73 Å². The summed E-state index contributed by atoms with van der Waals surface area (Å²) < 4.78 is 0. The molecule has 0 bridgehead atoms. The van der Waals surface area contributed by atoms with Gasteiger partial charge in [0.15, 0.2) is 0 Å². The van der Waals surface area contributed by atoms with Crippen molar-refractivity contribution in [2.75, 3.05) is 24.3 Å². The minimum atomic E-state index is -0.254. The van der Waals surface area contributed by atoms with E-state index in [0.29, 0.717) is 11.9 Å². The number of hydrogen-bond acceptors (Lipinski definition) is 6. The largest absolute Gasteiger partial charge is 0.369 e. The molecule has 7 nitrogen and oxygen atoms in total. The molecule has 1 aromatic heterocycles. The zero-order valence-electron chi connectivity index (χ0n) is 13.1. The first-order chi connectivity index (χ1) is 9.88. The van der Waals surface area contributed by atoms with Crippen LogP contribution in [-0.2, 0) is 4.79 Å². The van der Waals surface area contributed by atoms with E-state index in [2.05, 4.69) is 20.3 Å². The molecule has 1 aromatic rings. The predicted molar refractivity (Wildman–Crippen MR) is 82.2 cm³/mol. The summed E-state index contributed by atoms with van der Waals surface area (Å²) in [7, 11) is 3.79. The van der Waals surface area contributed by atoms with Gasteiger partial charge in [-0.25, -0.2) is 0 Å². The lowest BCUT2D eigenvalue weighted by Crippen LogP contribution is -2.35. The highest BCUT2D eigenvalue weighted by Crippen LogP contribution is 2.28. The van der Waals surface area contributed by atoms with Crippen molar-refractivity contribution in [2.24, 2.45) is 11.7 Å². The summed E-state index contributed by atoms with van der Waals surface area (Å²) >= 11 is 0. The maximum Gasteiger partial charge on any atom is 0.229 e. The first-order valence-electron chi connectivity index (χ1n) is 7.37. The molecule has 7 heteroatoms. The standard InChI is InChI=1S/C14H24N6O/c1-8(2)12-17-13(19-14(18-12)20(3)4)16-10-7-5-6-9(10)11(15)21/h8-10H,5-7H2,1-4H3,(H2,15,21)(H,16,17,18,19)/t9-,10-/m0/s1. The summed E-state index contributed by atoms with van der Waals surface area (Å²) in [5, 5.41) is 3.27. The number of aromatic nitrogens is 3.